The molecule has 0 aliphatic carbocycles. The Hall–Kier alpha value is -4.46. The Bertz CT molecular complexity index is 1410. The smallest absolute Gasteiger partial charge is 0.326 e. The van der Waals surface area contributed by atoms with Gasteiger partial charge in [-0.25, -0.2) is 4.79 Å². The van der Waals surface area contributed by atoms with Gasteiger partial charge in [0.15, 0.2) is 0 Å². The number of hydrogen-bond acceptors (Lipinski definition) is 8. The molecule has 3 rings (SSSR count). The van der Waals surface area contributed by atoms with Gasteiger partial charge in [0.05, 0.1) is 6.04 Å². The highest BCUT2D eigenvalue weighted by molar-refractivity contribution is 5.95. The molecule has 0 aliphatic rings. The number of carbonyl (C=O) groups is 4. The average molecular weight is 624 g/mol. The van der Waals surface area contributed by atoms with Gasteiger partial charge in [0.1, 0.15) is 23.9 Å². The summed E-state index contributed by atoms with van der Waals surface area (Å²) in [6.07, 6.45) is 4.83. The number of aromatic nitrogens is 1. The molecular formula is C32H45N7O6. The molecule has 45 heavy (non-hydrogen) atoms. The number of hydrogen-bond donors (Lipinski definition) is 9. The van der Waals surface area contributed by atoms with Crippen LogP contribution in [-0.2, 0) is 32.0 Å². The third-order valence-electron chi connectivity index (χ3n) is 7.61. The van der Waals surface area contributed by atoms with Gasteiger partial charge in [0, 0.05) is 29.9 Å². The first kappa shape index (κ1) is 35.0. The number of fused-ring (bicyclic) bond motifs is 1. The number of amides is 3. The van der Waals surface area contributed by atoms with Crippen molar-refractivity contribution < 1.29 is 29.4 Å². The summed E-state index contributed by atoms with van der Waals surface area (Å²) in [4.78, 5) is 55.6. The van der Waals surface area contributed by atoms with Crippen LogP contribution < -0.4 is 33.2 Å². The van der Waals surface area contributed by atoms with E-state index in [0.29, 0.717) is 50.8 Å². The zero-order chi connectivity index (χ0) is 32.8. The van der Waals surface area contributed by atoms with E-state index in [1.165, 1.54) is 12.1 Å². The number of phenolic OH excluding ortho intramolecular Hbond substituents is 1. The molecule has 0 saturated heterocycles. The monoisotopic (exact) mass is 623 g/mol. The number of rotatable bonds is 19. The Morgan fingerprint density at radius 1 is 0.733 bits per heavy atom. The molecule has 0 spiro atoms. The summed E-state index contributed by atoms with van der Waals surface area (Å²) in [5, 5.41) is 28.4. The van der Waals surface area contributed by atoms with Crippen LogP contribution in [0, 0.1) is 0 Å². The summed E-state index contributed by atoms with van der Waals surface area (Å²) in [6.45, 7) is 0.861. The first-order chi connectivity index (χ1) is 21.6. The highest BCUT2D eigenvalue weighted by atomic mass is 16.4. The van der Waals surface area contributed by atoms with Gasteiger partial charge in [-0.2, -0.15) is 0 Å². The van der Waals surface area contributed by atoms with E-state index in [2.05, 4.69) is 20.9 Å². The van der Waals surface area contributed by atoms with Crippen molar-refractivity contribution in [2.45, 2.75) is 75.5 Å². The summed E-state index contributed by atoms with van der Waals surface area (Å²) in [7, 11) is 0. The molecule has 0 radical (unpaired) electrons. The predicted octanol–water partition coefficient (Wildman–Crippen LogP) is 0.783. The second-order valence-electron chi connectivity index (χ2n) is 11.1. The topological polar surface area (TPSA) is 239 Å². The lowest BCUT2D eigenvalue weighted by atomic mass is 10.0. The number of benzene rings is 2. The standard InChI is InChI=1S/C32H45N7O6/c33-15-5-3-8-24(35)29(41)38-27(17-20-11-13-22(40)14-12-20)30(42)39-28(18-21-19-36-25-9-2-1-7-23(21)25)31(43)37-26(32(44)45)10-4-6-16-34/h1-2,7,9,11-14,19,24,26-28,36,40H,3-6,8,10,15-18,33-35H2,(H,37,43)(H,38,41)(H,39,42)(H,44,45)/t24-,26-,27-,28-/m0/s1. The zero-order valence-corrected chi connectivity index (χ0v) is 25.3. The third-order valence-corrected chi connectivity index (χ3v) is 7.61. The lowest BCUT2D eigenvalue weighted by Gasteiger charge is -2.25. The molecule has 1 aromatic heterocycles. The Morgan fingerprint density at radius 2 is 1.31 bits per heavy atom. The van der Waals surface area contributed by atoms with E-state index in [-0.39, 0.29) is 25.0 Å². The Morgan fingerprint density at radius 3 is 1.96 bits per heavy atom. The predicted molar refractivity (Wildman–Crippen MR) is 171 cm³/mol. The number of unbranched alkanes of at least 4 members (excludes halogenated alkanes) is 2. The van der Waals surface area contributed by atoms with Crippen molar-refractivity contribution in [1.29, 1.82) is 0 Å². The van der Waals surface area contributed by atoms with Crippen LogP contribution in [0.3, 0.4) is 0 Å². The second-order valence-corrected chi connectivity index (χ2v) is 11.1. The van der Waals surface area contributed by atoms with E-state index in [9.17, 15) is 29.4 Å². The van der Waals surface area contributed by atoms with E-state index < -0.39 is 47.9 Å². The maximum absolute atomic E-state index is 13.8. The fraction of sp³-hybridized carbons (Fsp3) is 0.438. The fourth-order valence-corrected chi connectivity index (χ4v) is 5.02. The van der Waals surface area contributed by atoms with Crippen LogP contribution >= 0.6 is 0 Å². The number of aliphatic carboxylic acids is 1. The van der Waals surface area contributed by atoms with Crippen molar-refractivity contribution in [2.75, 3.05) is 13.1 Å². The van der Waals surface area contributed by atoms with Gasteiger partial charge in [-0.3, -0.25) is 14.4 Å². The number of nitrogens with one attached hydrogen (secondary N) is 4. The molecule has 0 fully saturated rings. The minimum atomic E-state index is -1.20. The maximum atomic E-state index is 13.8. The number of carbonyl (C=O) groups excluding carboxylic acids is 3. The van der Waals surface area contributed by atoms with Crippen molar-refractivity contribution in [3.05, 3.63) is 65.9 Å². The highest BCUT2D eigenvalue weighted by Crippen LogP contribution is 2.20. The summed E-state index contributed by atoms with van der Waals surface area (Å²) >= 11 is 0. The highest BCUT2D eigenvalue weighted by Gasteiger charge is 2.31. The maximum Gasteiger partial charge on any atom is 0.326 e. The van der Waals surface area contributed by atoms with Gasteiger partial charge in [0.2, 0.25) is 17.7 Å². The molecule has 0 unspecified atom stereocenters. The van der Waals surface area contributed by atoms with Crippen molar-refractivity contribution in [3.8, 4) is 5.75 Å². The molecule has 13 nitrogen and oxygen atoms in total. The summed E-state index contributed by atoms with van der Waals surface area (Å²) in [5.74, 6) is -3.02. The van der Waals surface area contributed by atoms with E-state index in [0.717, 1.165) is 16.5 Å². The summed E-state index contributed by atoms with van der Waals surface area (Å²) in [5.41, 5.74) is 19.4. The first-order valence-corrected chi connectivity index (χ1v) is 15.3. The number of H-pyrrole nitrogens is 1. The fourth-order valence-electron chi connectivity index (χ4n) is 5.02. The largest absolute Gasteiger partial charge is 0.508 e. The van der Waals surface area contributed by atoms with Gasteiger partial charge >= 0.3 is 5.97 Å². The number of phenols is 1. The minimum absolute atomic E-state index is 0.0422. The number of aromatic amines is 1. The average Bonchev–Trinajstić information content (AvgIpc) is 3.43. The number of para-hydroxylation sites is 1. The molecule has 2 aromatic carbocycles. The second kappa shape index (κ2) is 17.7. The van der Waals surface area contributed by atoms with Gasteiger partial charge in [-0.05, 0) is 74.5 Å². The number of carboxylic acid groups (broad SMARTS) is 1. The lowest BCUT2D eigenvalue weighted by molar-refractivity contribution is -0.142. The molecule has 1 heterocycles. The van der Waals surface area contributed by atoms with Crippen LogP contribution in [0.1, 0.15) is 49.7 Å². The van der Waals surface area contributed by atoms with Gasteiger partial charge < -0.3 is 48.3 Å². The van der Waals surface area contributed by atoms with Gasteiger partial charge in [0.25, 0.3) is 0 Å². The molecule has 0 bridgehead atoms. The molecule has 13 heteroatoms. The van der Waals surface area contributed by atoms with Crippen molar-refractivity contribution >= 4 is 34.6 Å². The van der Waals surface area contributed by atoms with Crippen molar-refractivity contribution in [3.63, 3.8) is 0 Å². The van der Waals surface area contributed by atoms with Crippen LogP contribution in [-0.4, -0.2) is 76.1 Å². The summed E-state index contributed by atoms with van der Waals surface area (Å²) in [6, 6.07) is 9.31. The minimum Gasteiger partial charge on any atom is -0.508 e. The van der Waals surface area contributed by atoms with E-state index in [1.54, 1.807) is 18.3 Å². The normalized spacial score (nSPS) is 13.8. The van der Waals surface area contributed by atoms with Crippen molar-refractivity contribution in [1.82, 2.24) is 20.9 Å². The third kappa shape index (κ3) is 10.9. The lowest BCUT2D eigenvalue weighted by Crippen LogP contribution is -2.58. The number of carboxylic acids is 1. The van der Waals surface area contributed by atoms with Crippen LogP contribution in [0.5, 0.6) is 5.75 Å². The quantitative estimate of drug-likeness (QED) is 0.0856. The van der Waals surface area contributed by atoms with E-state index >= 15 is 0 Å². The molecular weight excluding hydrogens is 578 g/mol. The molecule has 0 aliphatic heterocycles. The van der Waals surface area contributed by atoms with Crippen molar-refractivity contribution in [2.24, 2.45) is 17.2 Å². The molecule has 3 aromatic rings. The Labute approximate surface area is 262 Å². The molecule has 3 amide bonds. The van der Waals surface area contributed by atoms with Crippen LogP contribution in [0.4, 0.5) is 0 Å². The molecule has 0 saturated carbocycles. The van der Waals surface area contributed by atoms with Gasteiger partial charge in [-0.15, -0.1) is 0 Å². The molecule has 244 valence electrons. The van der Waals surface area contributed by atoms with Crippen LogP contribution in [0.25, 0.3) is 10.9 Å². The summed E-state index contributed by atoms with van der Waals surface area (Å²) < 4.78 is 0. The molecule has 4 atom stereocenters. The number of aromatic hydroxyl groups is 1. The number of nitrogens with two attached hydrogens (primary N) is 3. The Kier molecular flexibility index (Phi) is 13.8. The van der Waals surface area contributed by atoms with E-state index in [4.69, 9.17) is 17.2 Å². The SMILES string of the molecule is NCCCC[C@H](NC(=O)[C@H](Cc1c[nH]c2ccccc12)NC(=O)[C@H](Cc1ccc(O)cc1)NC(=O)[C@@H](N)CCCCN)C(=O)O. The Balaban J connectivity index is 1.87. The van der Waals surface area contributed by atoms with E-state index in [1.807, 2.05) is 24.3 Å². The zero-order valence-electron chi connectivity index (χ0n) is 25.3. The van der Waals surface area contributed by atoms with Crippen LogP contribution in [0.2, 0.25) is 0 Å². The first-order valence-electron chi connectivity index (χ1n) is 15.3. The van der Waals surface area contributed by atoms with Gasteiger partial charge in [-0.1, -0.05) is 36.8 Å². The molecule has 12 N–H and O–H groups in total. The van der Waals surface area contributed by atoms with Crippen LogP contribution in [0.15, 0.2) is 54.7 Å².